The van der Waals surface area contributed by atoms with E-state index in [2.05, 4.69) is 0 Å². The lowest BCUT2D eigenvalue weighted by Gasteiger charge is -2.22. The molecule has 1 atom stereocenters. The molecule has 0 unspecified atom stereocenters. The molecule has 0 bridgehead atoms. The Morgan fingerprint density at radius 2 is 2.00 bits per heavy atom. The van der Waals surface area contributed by atoms with Gasteiger partial charge in [-0.1, -0.05) is 0 Å². The molecular weight excluding hydrogens is 306 g/mol. The SMILES string of the molecule is Cc1cc(S(=O)(=O)N(C)[C@@H]2CCS(=O)(=O)C2)c(C)s1. The summed E-state index contributed by atoms with van der Waals surface area (Å²) in [5.41, 5.74) is 0. The van der Waals surface area contributed by atoms with E-state index in [1.54, 1.807) is 13.0 Å². The Bertz CT molecular complexity index is 688. The third-order valence-electron chi connectivity index (χ3n) is 3.38. The lowest BCUT2D eigenvalue weighted by molar-refractivity contribution is 0.394. The lowest BCUT2D eigenvalue weighted by Crippen LogP contribution is -2.37. The largest absolute Gasteiger partial charge is 0.244 e. The molecule has 1 aromatic rings. The maximum absolute atomic E-state index is 12.5. The number of thiophene rings is 1. The molecule has 0 saturated carbocycles. The third-order valence-corrected chi connectivity index (χ3v) is 8.26. The number of hydrogen-bond acceptors (Lipinski definition) is 5. The van der Waals surface area contributed by atoms with Crippen LogP contribution in [0, 0.1) is 13.8 Å². The maximum atomic E-state index is 12.5. The van der Waals surface area contributed by atoms with Crippen molar-refractivity contribution >= 4 is 31.2 Å². The summed E-state index contributed by atoms with van der Waals surface area (Å²) in [5, 5.41) is 0. The normalized spacial score (nSPS) is 23.1. The quantitative estimate of drug-likeness (QED) is 0.837. The van der Waals surface area contributed by atoms with Gasteiger partial charge in [0.15, 0.2) is 9.84 Å². The summed E-state index contributed by atoms with van der Waals surface area (Å²) in [4.78, 5) is 1.97. The molecule has 1 aliphatic rings. The minimum absolute atomic E-state index is 0.0686. The highest BCUT2D eigenvalue weighted by atomic mass is 32.2. The number of aryl methyl sites for hydroxylation is 2. The summed E-state index contributed by atoms with van der Waals surface area (Å²) in [6.07, 6.45) is 0.375. The Balaban J connectivity index is 2.33. The van der Waals surface area contributed by atoms with E-state index in [1.807, 2.05) is 6.92 Å². The average molecular weight is 323 g/mol. The Morgan fingerprint density at radius 3 is 2.42 bits per heavy atom. The Labute approximate surface area is 118 Å². The summed E-state index contributed by atoms with van der Waals surface area (Å²) < 4.78 is 49.1. The summed E-state index contributed by atoms with van der Waals surface area (Å²) in [6, 6.07) is 1.20. The first-order valence-electron chi connectivity index (χ1n) is 5.89. The zero-order valence-corrected chi connectivity index (χ0v) is 13.5. The van der Waals surface area contributed by atoms with Crippen LogP contribution in [0.3, 0.4) is 0 Å². The van der Waals surface area contributed by atoms with Crippen LogP contribution in [0.15, 0.2) is 11.0 Å². The van der Waals surface area contributed by atoms with Crippen molar-refractivity contribution in [2.45, 2.75) is 31.2 Å². The zero-order valence-electron chi connectivity index (χ0n) is 11.1. The predicted molar refractivity (Wildman–Crippen MR) is 75.8 cm³/mol. The van der Waals surface area contributed by atoms with Crippen molar-refractivity contribution in [3.05, 3.63) is 15.8 Å². The molecule has 0 radical (unpaired) electrons. The summed E-state index contributed by atoms with van der Waals surface area (Å²) in [7, 11) is -5.23. The van der Waals surface area contributed by atoms with E-state index < -0.39 is 25.9 Å². The van der Waals surface area contributed by atoms with Gasteiger partial charge in [-0.25, -0.2) is 16.8 Å². The van der Waals surface area contributed by atoms with Crippen LogP contribution in [0.4, 0.5) is 0 Å². The molecule has 0 aliphatic carbocycles. The van der Waals surface area contributed by atoms with Crippen LogP contribution in [0.2, 0.25) is 0 Å². The fraction of sp³-hybridized carbons (Fsp3) is 0.636. The Hall–Kier alpha value is -0.440. The standard InChI is InChI=1S/C11H17NO4S3/c1-8-6-11(9(2)17-8)19(15,16)12(3)10-4-5-18(13,14)7-10/h6,10H,4-5,7H2,1-3H3/t10-/m1/s1. The minimum Gasteiger partial charge on any atom is -0.229 e. The predicted octanol–water partition coefficient (Wildman–Crippen LogP) is 1.17. The zero-order chi connectivity index (χ0) is 14.4. The molecule has 108 valence electrons. The number of hydrogen-bond donors (Lipinski definition) is 0. The van der Waals surface area contributed by atoms with Gasteiger partial charge in [-0.15, -0.1) is 11.3 Å². The first-order chi connectivity index (χ1) is 8.63. The first-order valence-corrected chi connectivity index (χ1v) is 9.97. The molecule has 2 rings (SSSR count). The molecular formula is C11H17NO4S3. The van der Waals surface area contributed by atoms with Crippen molar-refractivity contribution in [2.24, 2.45) is 0 Å². The van der Waals surface area contributed by atoms with E-state index in [-0.39, 0.29) is 11.5 Å². The van der Waals surface area contributed by atoms with E-state index >= 15 is 0 Å². The Kier molecular flexibility index (Phi) is 3.81. The van der Waals surface area contributed by atoms with Gasteiger partial charge in [0.1, 0.15) is 0 Å². The fourth-order valence-corrected chi connectivity index (χ4v) is 7.05. The van der Waals surface area contributed by atoms with Gasteiger partial charge in [-0.05, 0) is 26.3 Å². The number of sulfone groups is 1. The molecule has 1 aliphatic heterocycles. The maximum Gasteiger partial charge on any atom is 0.244 e. The van der Waals surface area contributed by atoms with E-state index in [1.165, 1.54) is 22.7 Å². The van der Waals surface area contributed by atoms with Crippen molar-refractivity contribution < 1.29 is 16.8 Å². The van der Waals surface area contributed by atoms with E-state index in [9.17, 15) is 16.8 Å². The fourth-order valence-electron chi connectivity index (χ4n) is 2.28. The van der Waals surface area contributed by atoms with Crippen LogP contribution in [0.1, 0.15) is 16.2 Å². The second-order valence-corrected chi connectivity index (χ2v) is 10.5. The van der Waals surface area contributed by atoms with Crippen LogP contribution < -0.4 is 0 Å². The average Bonchev–Trinajstić information content (AvgIpc) is 2.80. The number of sulfonamides is 1. The minimum atomic E-state index is -3.60. The van der Waals surface area contributed by atoms with Crippen LogP contribution in [0.5, 0.6) is 0 Å². The molecule has 1 fully saturated rings. The van der Waals surface area contributed by atoms with Gasteiger partial charge in [0.2, 0.25) is 10.0 Å². The van der Waals surface area contributed by atoms with Gasteiger partial charge in [0, 0.05) is 22.8 Å². The highest BCUT2D eigenvalue weighted by Gasteiger charge is 2.37. The smallest absolute Gasteiger partial charge is 0.229 e. The van der Waals surface area contributed by atoms with E-state index in [0.29, 0.717) is 11.3 Å². The summed E-state index contributed by atoms with van der Waals surface area (Å²) >= 11 is 1.43. The summed E-state index contributed by atoms with van der Waals surface area (Å²) in [6.45, 7) is 3.63. The molecule has 0 aromatic carbocycles. The second kappa shape index (κ2) is 4.83. The Morgan fingerprint density at radius 1 is 1.37 bits per heavy atom. The molecule has 8 heteroatoms. The van der Waals surface area contributed by atoms with E-state index in [0.717, 1.165) is 9.75 Å². The lowest BCUT2D eigenvalue weighted by atomic mass is 10.3. The van der Waals surface area contributed by atoms with Gasteiger partial charge in [0.05, 0.1) is 16.4 Å². The monoisotopic (exact) mass is 323 g/mol. The van der Waals surface area contributed by atoms with Crippen molar-refractivity contribution in [3.63, 3.8) is 0 Å². The molecule has 1 saturated heterocycles. The highest BCUT2D eigenvalue weighted by Crippen LogP contribution is 2.29. The molecule has 19 heavy (non-hydrogen) atoms. The molecule has 5 nitrogen and oxygen atoms in total. The van der Waals surface area contributed by atoms with Gasteiger partial charge >= 0.3 is 0 Å². The van der Waals surface area contributed by atoms with Crippen molar-refractivity contribution in [1.82, 2.24) is 4.31 Å². The number of nitrogens with zero attached hydrogens (tertiary/aromatic N) is 1. The molecule has 0 amide bonds. The third kappa shape index (κ3) is 2.86. The molecule has 1 aromatic heterocycles. The van der Waals surface area contributed by atoms with Gasteiger partial charge < -0.3 is 0 Å². The van der Waals surface area contributed by atoms with Crippen molar-refractivity contribution in [2.75, 3.05) is 18.6 Å². The topological polar surface area (TPSA) is 71.5 Å². The second-order valence-electron chi connectivity index (χ2n) is 4.86. The first kappa shape index (κ1) is 15.0. The van der Waals surface area contributed by atoms with Crippen LogP contribution in [-0.2, 0) is 19.9 Å². The highest BCUT2D eigenvalue weighted by molar-refractivity contribution is 7.92. The van der Waals surface area contributed by atoms with Crippen LogP contribution in [-0.4, -0.2) is 45.7 Å². The molecule has 2 heterocycles. The number of rotatable bonds is 3. The van der Waals surface area contributed by atoms with Crippen LogP contribution >= 0.6 is 11.3 Å². The molecule has 0 spiro atoms. The molecule has 0 N–H and O–H groups in total. The summed E-state index contributed by atoms with van der Waals surface area (Å²) in [5.74, 6) is -0.00985. The van der Waals surface area contributed by atoms with Gasteiger partial charge in [-0.3, -0.25) is 0 Å². The van der Waals surface area contributed by atoms with Gasteiger partial charge in [-0.2, -0.15) is 4.31 Å². The van der Waals surface area contributed by atoms with Crippen molar-refractivity contribution in [1.29, 1.82) is 0 Å². The van der Waals surface area contributed by atoms with Crippen molar-refractivity contribution in [3.8, 4) is 0 Å². The van der Waals surface area contributed by atoms with Crippen LogP contribution in [0.25, 0.3) is 0 Å². The van der Waals surface area contributed by atoms with Gasteiger partial charge in [0.25, 0.3) is 0 Å². The van der Waals surface area contributed by atoms with E-state index in [4.69, 9.17) is 0 Å².